The molecule has 0 saturated carbocycles. The summed E-state index contributed by atoms with van der Waals surface area (Å²) in [6, 6.07) is 3.82. The number of anilines is 1. The summed E-state index contributed by atoms with van der Waals surface area (Å²) in [5, 5.41) is 2.54. The number of nitrogens with zero attached hydrogens (tertiary/aromatic N) is 1. The van der Waals surface area contributed by atoms with E-state index in [1.54, 1.807) is 0 Å². The van der Waals surface area contributed by atoms with Gasteiger partial charge in [-0.05, 0) is 38.0 Å². The maximum absolute atomic E-state index is 13.7. The lowest BCUT2D eigenvalue weighted by Gasteiger charge is -2.20. The smallest absolute Gasteiger partial charge is 0.326 e. The molecule has 0 spiro atoms. The number of benzene rings is 1. The molecule has 6 nitrogen and oxygen atoms in total. The first-order valence-corrected chi connectivity index (χ1v) is 8.48. The third-order valence-corrected chi connectivity index (χ3v) is 4.09. The first-order valence-electron chi connectivity index (χ1n) is 8.10. The van der Waals surface area contributed by atoms with Crippen molar-refractivity contribution >= 4 is 35.1 Å². The minimum absolute atomic E-state index is 0.0556. The zero-order chi connectivity index (χ0) is 18.4. The van der Waals surface area contributed by atoms with Crippen LogP contribution in [0.5, 0.6) is 0 Å². The van der Waals surface area contributed by atoms with E-state index in [9.17, 15) is 18.8 Å². The van der Waals surface area contributed by atoms with E-state index < -0.39 is 23.8 Å². The normalized spacial score (nSPS) is 16.1. The quantitative estimate of drug-likeness (QED) is 0.808. The highest BCUT2D eigenvalue weighted by molar-refractivity contribution is 6.30. The number of nitrogens with one attached hydrogen (secondary N) is 1. The molecular formula is C17H20ClFN2O4. The first kappa shape index (κ1) is 19.2. The fourth-order valence-corrected chi connectivity index (χ4v) is 2.63. The van der Waals surface area contributed by atoms with Crippen molar-refractivity contribution < 1.29 is 23.5 Å². The Labute approximate surface area is 150 Å². The van der Waals surface area contributed by atoms with Gasteiger partial charge in [-0.25, -0.2) is 4.39 Å². The number of amides is 2. The molecule has 1 heterocycles. The molecule has 0 aliphatic carbocycles. The van der Waals surface area contributed by atoms with Crippen molar-refractivity contribution in [2.75, 3.05) is 18.4 Å². The monoisotopic (exact) mass is 370 g/mol. The Kier molecular flexibility index (Phi) is 6.75. The number of esters is 1. The van der Waals surface area contributed by atoms with Gasteiger partial charge in [0, 0.05) is 18.0 Å². The molecule has 0 radical (unpaired) electrons. The minimum Gasteiger partial charge on any atom is -0.451 e. The molecule has 1 fully saturated rings. The summed E-state index contributed by atoms with van der Waals surface area (Å²) < 4.78 is 18.7. The molecule has 1 atom stereocenters. The second-order valence-electron chi connectivity index (χ2n) is 5.87. The third-order valence-electron chi connectivity index (χ3n) is 3.86. The van der Waals surface area contributed by atoms with Crippen molar-refractivity contribution in [3.8, 4) is 0 Å². The number of carbonyl (C=O) groups excluding carboxylic acids is 3. The zero-order valence-corrected chi connectivity index (χ0v) is 14.6. The van der Waals surface area contributed by atoms with Crippen molar-refractivity contribution in [3.63, 3.8) is 0 Å². The maximum Gasteiger partial charge on any atom is 0.326 e. The highest BCUT2D eigenvalue weighted by Crippen LogP contribution is 2.19. The molecule has 1 aromatic rings. The Morgan fingerprint density at radius 3 is 2.84 bits per heavy atom. The van der Waals surface area contributed by atoms with Crippen molar-refractivity contribution in [1.29, 1.82) is 0 Å². The molecule has 25 heavy (non-hydrogen) atoms. The van der Waals surface area contributed by atoms with Crippen LogP contribution in [0.2, 0.25) is 5.02 Å². The second kappa shape index (κ2) is 8.80. The third kappa shape index (κ3) is 5.70. The van der Waals surface area contributed by atoms with Crippen LogP contribution in [-0.2, 0) is 19.1 Å². The Morgan fingerprint density at radius 1 is 1.36 bits per heavy atom. The molecule has 1 aliphatic rings. The van der Waals surface area contributed by atoms with E-state index in [0.717, 1.165) is 25.3 Å². The lowest BCUT2D eigenvalue weighted by Crippen LogP contribution is -2.38. The molecule has 2 rings (SSSR count). The van der Waals surface area contributed by atoms with Gasteiger partial charge in [-0.15, -0.1) is 0 Å². The Balaban J connectivity index is 1.87. The SMILES string of the molecule is C[C@@H](OC(=O)CN1CCCCCC1=O)C(=O)Nc1ccc(Cl)cc1F. The van der Waals surface area contributed by atoms with E-state index in [1.807, 2.05) is 0 Å². The van der Waals surface area contributed by atoms with Crippen LogP contribution in [0.1, 0.15) is 32.6 Å². The standard InChI is InChI=1S/C17H20ClFN2O4/c1-11(17(24)20-14-7-6-12(18)9-13(14)19)25-16(23)10-21-8-4-2-3-5-15(21)22/h6-7,9,11H,2-5,8,10H2,1H3,(H,20,24)/t11-/m1/s1. The summed E-state index contributed by atoms with van der Waals surface area (Å²) in [6.07, 6.45) is 1.90. The number of halogens is 2. The average molecular weight is 371 g/mol. The van der Waals surface area contributed by atoms with Crippen LogP contribution in [0.3, 0.4) is 0 Å². The predicted molar refractivity (Wildman–Crippen MR) is 90.6 cm³/mol. The van der Waals surface area contributed by atoms with Crippen molar-refractivity contribution in [2.24, 2.45) is 0 Å². The van der Waals surface area contributed by atoms with E-state index in [1.165, 1.54) is 24.0 Å². The molecular weight excluding hydrogens is 351 g/mol. The van der Waals surface area contributed by atoms with Gasteiger partial charge in [0.15, 0.2) is 6.10 Å². The van der Waals surface area contributed by atoms with Crippen molar-refractivity contribution in [1.82, 2.24) is 4.90 Å². The van der Waals surface area contributed by atoms with Crippen LogP contribution in [0.15, 0.2) is 18.2 Å². The number of hydrogen-bond acceptors (Lipinski definition) is 4. The Morgan fingerprint density at radius 2 is 2.12 bits per heavy atom. The van der Waals surface area contributed by atoms with Gasteiger partial charge in [-0.2, -0.15) is 0 Å². The van der Waals surface area contributed by atoms with Gasteiger partial charge >= 0.3 is 5.97 Å². The molecule has 0 bridgehead atoms. The number of rotatable bonds is 5. The fourth-order valence-electron chi connectivity index (χ4n) is 2.47. The van der Waals surface area contributed by atoms with Crippen LogP contribution < -0.4 is 5.32 Å². The minimum atomic E-state index is -1.12. The fraction of sp³-hybridized carbons (Fsp3) is 0.471. The van der Waals surface area contributed by atoms with Crippen LogP contribution >= 0.6 is 11.6 Å². The van der Waals surface area contributed by atoms with E-state index >= 15 is 0 Å². The van der Waals surface area contributed by atoms with Crippen LogP contribution in [0.4, 0.5) is 10.1 Å². The molecule has 0 aromatic heterocycles. The number of ether oxygens (including phenoxy) is 1. The first-order chi connectivity index (χ1) is 11.9. The highest BCUT2D eigenvalue weighted by atomic mass is 35.5. The Hall–Kier alpha value is -2.15. The second-order valence-corrected chi connectivity index (χ2v) is 6.31. The maximum atomic E-state index is 13.7. The molecule has 1 N–H and O–H groups in total. The summed E-state index contributed by atoms with van der Waals surface area (Å²) >= 11 is 5.65. The Bertz CT molecular complexity index is 668. The largest absolute Gasteiger partial charge is 0.451 e. The topological polar surface area (TPSA) is 75.7 Å². The average Bonchev–Trinajstić information content (AvgIpc) is 2.74. The van der Waals surface area contributed by atoms with E-state index in [0.29, 0.717) is 13.0 Å². The number of hydrogen-bond donors (Lipinski definition) is 1. The molecule has 2 amide bonds. The number of likely N-dealkylation sites (tertiary alicyclic amines) is 1. The molecule has 0 unspecified atom stereocenters. The lowest BCUT2D eigenvalue weighted by atomic mass is 10.2. The van der Waals surface area contributed by atoms with Gasteiger partial charge < -0.3 is 15.0 Å². The van der Waals surface area contributed by atoms with Gasteiger partial charge in [0.2, 0.25) is 5.91 Å². The summed E-state index contributed by atoms with van der Waals surface area (Å²) in [5.41, 5.74) is -0.0556. The van der Waals surface area contributed by atoms with Crippen LogP contribution in [0, 0.1) is 5.82 Å². The van der Waals surface area contributed by atoms with Crippen molar-refractivity contribution in [2.45, 2.75) is 38.7 Å². The summed E-state index contributed by atoms with van der Waals surface area (Å²) in [4.78, 5) is 37.3. The van der Waals surface area contributed by atoms with Crippen molar-refractivity contribution in [3.05, 3.63) is 29.0 Å². The van der Waals surface area contributed by atoms with Crippen LogP contribution in [0.25, 0.3) is 0 Å². The van der Waals surface area contributed by atoms with E-state index in [4.69, 9.17) is 16.3 Å². The summed E-state index contributed by atoms with van der Waals surface area (Å²) in [7, 11) is 0. The molecule has 1 aliphatic heterocycles. The van der Waals surface area contributed by atoms with Crippen LogP contribution in [-0.4, -0.2) is 41.9 Å². The van der Waals surface area contributed by atoms with Gasteiger partial charge in [0.25, 0.3) is 5.91 Å². The number of carbonyl (C=O) groups is 3. The molecule has 136 valence electrons. The predicted octanol–water partition coefficient (Wildman–Crippen LogP) is 2.75. The molecule has 1 aromatic carbocycles. The van der Waals surface area contributed by atoms with Gasteiger partial charge in [-0.3, -0.25) is 14.4 Å². The van der Waals surface area contributed by atoms with Gasteiger partial charge in [0.1, 0.15) is 12.4 Å². The lowest BCUT2D eigenvalue weighted by molar-refractivity contribution is -0.156. The van der Waals surface area contributed by atoms with Gasteiger partial charge in [0.05, 0.1) is 5.69 Å². The zero-order valence-electron chi connectivity index (χ0n) is 13.9. The molecule has 1 saturated heterocycles. The molecule has 8 heteroatoms. The summed E-state index contributed by atoms with van der Waals surface area (Å²) in [5.74, 6) is -2.12. The highest BCUT2D eigenvalue weighted by Gasteiger charge is 2.23. The van der Waals surface area contributed by atoms with E-state index in [2.05, 4.69) is 5.32 Å². The van der Waals surface area contributed by atoms with Gasteiger partial charge in [-0.1, -0.05) is 18.0 Å². The van der Waals surface area contributed by atoms with E-state index in [-0.39, 0.29) is 23.2 Å². The summed E-state index contributed by atoms with van der Waals surface area (Å²) in [6.45, 7) is 1.70.